The van der Waals surface area contributed by atoms with Crippen LogP contribution in [-0.4, -0.2) is 16.5 Å². The number of halogens is 1. The molecule has 0 aromatic carbocycles. The summed E-state index contributed by atoms with van der Waals surface area (Å²) in [7, 11) is 0. The number of nitrogens with one attached hydrogen (secondary N) is 1. The average Bonchev–Trinajstić information content (AvgIpc) is 2.93. The maximum atomic E-state index is 5.58. The highest BCUT2D eigenvalue weighted by molar-refractivity contribution is 7.15. The first-order chi connectivity index (χ1) is 8.65. The Bertz CT molecular complexity index is 495. The summed E-state index contributed by atoms with van der Waals surface area (Å²) < 4.78 is 0. The number of thiazole rings is 2. The van der Waals surface area contributed by atoms with Crippen molar-refractivity contribution in [2.75, 3.05) is 12.3 Å². The van der Waals surface area contributed by atoms with Gasteiger partial charge in [-0.15, -0.1) is 35.1 Å². The highest BCUT2D eigenvalue weighted by atomic mass is 35.5. The highest BCUT2D eigenvalue weighted by Gasteiger charge is 2.05. The Morgan fingerprint density at radius 3 is 2.79 bits per heavy atom. The van der Waals surface area contributed by atoms with E-state index in [1.165, 1.54) is 26.9 Å². The monoisotopic (exact) mass is 318 g/mol. The number of rotatable bonds is 6. The summed E-state index contributed by atoms with van der Waals surface area (Å²) in [6.07, 6.45) is 2.80. The van der Waals surface area contributed by atoms with E-state index in [0.717, 1.165) is 19.5 Å². The smallest absolute Gasteiger partial charge is 0.180 e. The molecule has 2 aromatic heterocycles. The van der Waals surface area contributed by atoms with Crippen molar-refractivity contribution in [1.82, 2.24) is 15.3 Å². The molecule has 0 amide bonds. The third-order valence-electron chi connectivity index (χ3n) is 2.49. The zero-order valence-corrected chi connectivity index (χ0v) is 13.5. The van der Waals surface area contributed by atoms with Gasteiger partial charge in [-0.25, -0.2) is 9.97 Å². The van der Waals surface area contributed by atoms with E-state index in [4.69, 9.17) is 5.73 Å². The molecule has 2 heterocycles. The zero-order chi connectivity index (χ0) is 13.0. The first-order valence-corrected chi connectivity index (χ1v) is 7.70. The quantitative estimate of drug-likeness (QED) is 0.803. The molecule has 0 spiro atoms. The van der Waals surface area contributed by atoms with Crippen molar-refractivity contribution in [3.05, 3.63) is 27.2 Å². The lowest BCUT2D eigenvalue weighted by Gasteiger charge is -2.01. The fourth-order valence-electron chi connectivity index (χ4n) is 1.54. The Morgan fingerprint density at radius 2 is 2.21 bits per heavy atom. The molecule has 3 N–H and O–H groups in total. The molecular formula is C12H19ClN4S2. The highest BCUT2D eigenvalue weighted by Crippen LogP contribution is 2.19. The molecule has 0 unspecified atom stereocenters. The minimum absolute atomic E-state index is 0. The van der Waals surface area contributed by atoms with Crippen LogP contribution in [0.3, 0.4) is 0 Å². The van der Waals surface area contributed by atoms with Crippen LogP contribution >= 0.6 is 35.1 Å². The topological polar surface area (TPSA) is 63.8 Å². The van der Waals surface area contributed by atoms with Crippen molar-refractivity contribution < 1.29 is 0 Å². The molecule has 0 fully saturated rings. The van der Waals surface area contributed by atoms with Gasteiger partial charge in [0.1, 0.15) is 0 Å². The molecule has 0 saturated heterocycles. The van der Waals surface area contributed by atoms with Gasteiger partial charge >= 0.3 is 0 Å². The number of hydrogen-bond acceptors (Lipinski definition) is 6. The summed E-state index contributed by atoms with van der Waals surface area (Å²) in [5.74, 6) is 0.525. The van der Waals surface area contributed by atoms with E-state index < -0.39 is 0 Å². The third kappa shape index (κ3) is 5.06. The first kappa shape index (κ1) is 16.4. The van der Waals surface area contributed by atoms with E-state index in [9.17, 15) is 0 Å². The largest absolute Gasteiger partial charge is 0.375 e. The average molecular weight is 319 g/mol. The van der Waals surface area contributed by atoms with Crippen LogP contribution in [0.1, 0.15) is 35.3 Å². The van der Waals surface area contributed by atoms with Crippen LogP contribution in [0.4, 0.5) is 5.13 Å². The lowest BCUT2D eigenvalue weighted by molar-refractivity contribution is 0.684. The Kier molecular flexibility index (Phi) is 6.71. The van der Waals surface area contributed by atoms with Gasteiger partial charge in [0, 0.05) is 41.9 Å². The Hall–Kier alpha value is -0.690. The normalized spacial score (nSPS) is 10.7. The SMILES string of the molecule is CC(C)c1nc(CCNCc2cnc(N)s2)cs1.Cl. The van der Waals surface area contributed by atoms with Gasteiger partial charge < -0.3 is 11.1 Å². The van der Waals surface area contributed by atoms with Crippen LogP contribution in [0.15, 0.2) is 11.6 Å². The summed E-state index contributed by atoms with van der Waals surface area (Å²) in [6.45, 7) is 6.11. The molecule has 0 atom stereocenters. The second-order valence-corrected chi connectivity index (χ2v) is 6.46. The van der Waals surface area contributed by atoms with Crippen molar-refractivity contribution in [2.24, 2.45) is 0 Å². The first-order valence-electron chi connectivity index (χ1n) is 6.00. The molecule has 2 aromatic rings. The van der Waals surface area contributed by atoms with Crippen LogP contribution in [0.25, 0.3) is 0 Å². The molecule has 0 aliphatic heterocycles. The molecule has 0 aliphatic carbocycles. The second kappa shape index (κ2) is 7.79. The van der Waals surface area contributed by atoms with Crippen LogP contribution in [0.5, 0.6) is 0 Å². The van der Waals surface area contributed by atoms with Crippen molar-refractivity contribution >= 4 is 40.2 Å². The zero-order valence-electron chi connectivity index (χ0n) is 11.0. The molecule has 0 radical (unpaired) electrons. The Balaban J connectivity index is 0.00000180. The van der Waals surface area contributed by atoms with Crippen molar-refractivity contribution in [3.8, 4) is 0 Å². The fraction of sp³-hybridized carbons (Fsp3) is 0.500. The minimum Gasteiger partial charge on any atom is -0.375 e. The van der Waals surface area contributed by atoms with Gasteiger partial charge in [-0.3, -0.25) is 0 Å². The van der Waals surface area contributed by atoms with Crippen molar-refractivity contribution in [3.63, 3.8) is 0 Å². The molecule has 106 valence electrons. The Labute approximate surface area is 127 Å². The number of aromatic nitrogens is 2. The van der Waals surface area contributed by atoms with Gasteiger partial charge in [0.25, 0.3) is 0 Å². The van der Waals surface area contributed by atoms with E-state index in [-0.39, 0.29) is 12.4 Å². The molecule has 0 aliphatic rings. The maximum Gasteiger partial charge on any atom is 0.180 e. The number of nitrogens with zero attached hydrogens (tertiary/aromatic N) is 2. The van der Waals surface area contributed by atoms with Crippen molar-refractivity contribution in [1.29, 1.82) is 0 Å². The molecular weight excluding hydrogens is 300 g/mol. The van der Waals surface area contributed by atoms with Gasteiger partial charge in [-0.1, -0.05) is 13.8 Å². The number of anilines is 1. The van der Waals surface area contributed by atoms with E-state index in [1.807, 2.05) is 6.20 Å². The van der Waals surface area contributed by atoms with E-state index in [2.05, 4.69) is 34.5 Å². The molecule has 0 bridgehead atoms. The Morgan fingerprint density at radius 1 is 1.42 bits per heavy atom. The van der Waals surface area contributed by atoms with E-state index in [1.54, 1.807) is 11.3 Å². The second-order valence-electron chi connectivity index (χ2n) is 4.42. The lowest BCUT2D eigenvalue weighted by atomic mass is 10.2. The van der Waals surface area contributed by atoms with Gasteiger partial charge in [0.05, 0.1) is 10.7 Å². The molecule has 4 nitrogen and oxygen atoms in total. The fourth-order valence-corrected chi connectivity index (χ4v) is 3.06. The summed E-state index contributed by atoms with van der Waals surface area (Å²) in [4.78, 5) is 9.80. The standard InChI is InChI=1S/C12H18N4S2.ClH/c1-8(2)11-16-9(7-17-11)3-4-14-5-10-6-15-12(13)18-10;/h6-8,14H,3-5H2,1-2H3,(H2,13,15);1H. The van der Waals surface area contributed by atoms with Crippen LogP contribution in [0.2, 0.25) is 0 Å². The summed E-state index contributed by atoms with van der Waals surface area (Å²) in [5, 5.41) is 7.39. The number of hydrogen-bond donors (Lipinski definition) is 2. The van der Waals surface area contributed by atoms with Gasteiger partial charge in [0.2, 0.25) is 0 Å². The summed E-state index contributed by atoms with van der Waals surface area (Å²) >= 11 is 3.28. The minimum atomic E-state index is 0. The molecule has 7 heteroatoms. The molecule has 0 saturated carbocycles. The predicted molar refractivity (Wildman–Crippen MR) is 85.4 cm³/mol. The molecule has 19 heavy (non-hydrogen) atoms. The van der Waals surface area contributed by atoms with Crippen LogP contribution in [-0.2, 0) is 13.0 Å². The number of nitrogen functional groups attached to an aromatic ring is 1. The van der Waals surface area contributed by atoms with Crippen molar-refractivity contribution in [2.45, 2.75) is 32.7 Å². The van der Waals surface area contributed by atoms with Gasteiger partial charge in [-0.2, -0.15) is 0 Å². The number of nitrogens with two attached hydrogens (primary N) is 1. The van der Waals surface area contributed by atoms with Crippen LogP contribution in [0, 0.1) is 0 Å². The van der Waals surface area contributed by atoms with Gasteiger partial charge in [0.15, 0.2) is 5.13 Å². The summed E-state index contributed by atoms with van der Waals surface area (Å²) in [6, 6.07) is 0. The van der Waals surface area contributed by atoms with Gasteiger partial charge in [-0.05, 0) is 0 Å². The maximum absolute atomic E-state index is 5.58. The lowest BCUT2D eigenvalue weighted by Crippen LogP contribution is -2.16. The summed E-state index contributed by atoms with van der Waals surface area (Å²) in [5.41, 5.74) is 6.76. The van der Waals surface area contributed by atoms with Crippen LogP contribution < -0.4 is 11.1 Å². The van der Waals surface area contributed by atoms with E-state index in [0.29, 0.717) is 11.0 Å². The molecule has 2 rings (SSSR count). The predicted octanol–water partition coefficient (Wildman–Crippen LogP) is 3.06. The third-order valence-corrected chi connectivity index (χ3v) is 4.51. The van der Waals surface area contributed by atoms with E-state index >= 15 is 0 Å².